The Balaban J connectivity index is 1.80. The number of benzene rings is 2. The molecule has 0 saturated carbocycles. The minimum absolute atomic E-state index is 0.0590. The van der Waals surface area contributed by atoms with E-state index in [1.165, 1.54) is 5.56 Å². The molecule has 0 aliphatic carbocycles. The number of thioether (sulfide) groups is 1. The molecule has 2 aromatic carbocycles. The van der Waals surface area contributed by atoms with Crippen LogP contribution in [-0.4, -0.2) is 53.8 Å². The van der Waals surface area contributed by atoms with Crippen molar-refractivity contribution in [2.45, 2.75) is 10.8 Å². The maximum absolute atomic E-state index is 10.1. The fourth-order valence-corrected chi connectivity index (χ4v) is 4.46. The van der Waals surface area contributed by atoms with Crippen molar-refractivity contribution in [1.29, 1.82) is 5.26 Å². The van der Waals surface area contributed by atoms with Gasteiger partial charge in [-0.1, -0.05) is 42.5 Å². The van der Waals surface area contributed by atoms with E-state index < -0.39 is 0 Å². The molecule has 0 atom stereocenters. The molecular formula is C25H24N4O3S. The smallest absolute Gasteiger partial charge is 0.146 e. The zero-order valence-corrected chi connectivity index (χ0v) is 18.8. The van der Waals surface area contributed by atoms with E-state index >= 15 is 0 Å². The number of nitriles is 1. The van der Waals surface area contributed by atoms with Crippen LogP contribution in [0.15, 0.2) is 64.6 Å². The summed E-state index contributed by atoms with van der Waals surface area (Å²) >= 11 is 1.60. The lowest BCUT2D eigenvalue weighted by atomic mass is 9.95. The van der Waals surface area contributed by atoms with Crippen molar-refractivity contribution in [2.75, 3.05) is 38.2 Å². The third-order valence-corrected chi connectivity index (χ3v) is 6.05. The van der Waals surface area contributed by atoms with Gasteiger partial charge >= 0.3 is 0 Å². The minimum atomic E-state index is -0.0697. The molecule has 0 radical (unpaired) electrons. The molecule has 8 heteroatoms. The Labute approximate surface area is 196 Å². The van der Waals surface area contributed by atoms with E-state index in [4.69, 9.17) is 14.8 Å². The van der Waals surface area contributed by atoms with Crippen molar-refractivity contribution in [1.82, 2.24) is 4.98 Å². The predicted molar refractivity (Wildman–Crippen MR) is 130 cm³/mol. The molecule has 0 amide bonds. The largest absolute Gasteiger partial charge is 0.491 e. The van der Waals surface area contributed by atoms with Crippen LogP contribution < -0.4 is 10.1 Å². The number of pyridine rings is 1. The van der Waals surface area contributed by atoms with Crippen LogP contribution in [0.5, 0.6) is 5.75 Å². The Morgan fingerprint density at radius 2 is 1.79 bits per heavy atom. The third kappa shape index (κ3) is 5.52. The molecule has 33 heavy (non-hydrogen) atoms. The van der Waals surface area contributed by atoms with E-state index in [1.807, 2.05) is 42.5 Å². The van der Waals surface area contributed by atoms with Crippen molar-refractivity contribution in [3.63, 3.8) is 0 Å². The Hall–Kier alpha value is -3.38. The van der Waals surface area contributed by atoms with Crippen LogP contribution in [0, 0.1) is 11.3 Å². The Morgan fingerprint density at radius 3 is 2.42 bits per heavy atom. The normalized spacial score (nSPS) is 12.1. The van der Waals surface area contributed by atoms with Gasteiger partial charge in [-0.05, 0) is 23.3 Å². The summed E-state index contributed by atoms with van der Waals surface area (Å²) in [4.78, 5) is 9.23. The average Bonchev–Trinajstić information content (AvgIpc) is 3.70. The molecule has 1 aromatic heterocycles. The Morgan fingerprint density at radius 1 is 1.03 bits per heavy atom. The predicted octanol–water partition coefficient (Wildman–Crippen LogP) is 3.49. The van der Waals surface area contributed by atoms with E-state index in [9.17, 15) is 10.4 Å². The molecular weight excluding hydrogens is 436 g/mol. The molecule has 0 fully saturated rings. The first kappa shape index (κ1) is 22.8. The molecule has 2 heterocycles. The minimum Gasteiger partial charge on any atom is -0.491 e. The second kappa shape index (κ2) is 11.0. The Bertz CT molecular complexity index is 1170. The van der Waals surface area contributed by atoms with Gasteiger partial charge in [0.2, 0.25) is 0 Å². The van der Waals surface area contributed by atoms with Gasteiger partial charge in [-0.25, -0.2) is 4.98 Å². The zero-order valence-electron chi connectivity index (χ0n) is 18.0. The first-order valence-corrected chi connectivity index (χ1v) is 11.6. The lowest BCUT2D eigenvalue weighted by molar-refractivity contribution is 0.201. The number of nitrogens with one attached hydrogen (secondary N) is 1. The van der Waals surface area contributed by atoms with Crippen molar-refractivity contribution in [2.24, 2.45) is 4.99 Å². The first-order valence-electron chi connectivity index (χ1n) is 10.6. The maximum Gasteiger partial charge on any atom is 0.146 e. The number of aromatic nitrogens is 1. The standard InChI is InChI=1S/C25H24N4O3S/c26-14-20-22(18-6-8-19(9-7-18)32-13-12-31)23(21-15-28-21)25(29-24(20)27-10-11-30)33-16-17-4-2-1-3-5-17/h1-9,30-31H,10-13,15-16H2,(H,27,29). The van der Waals surface area contributed by atoms with Crippen LogP contribution in [0.4, 0.5) is 5.82 Å². The van der Waals surface area contributed by atoms with Crippen molar-refractivity contribution >= 4 is 23.3 Å². The summed E-state index contributed by atoms with van der Waals surface area (Å²) in [6.07, 6.45) is 0. The maximum atomic E-state index is 10.1. The summed E-state index contributed by atoms with van der Waals surface area (Å²) in [5.74, 6) is 1.82. The van der Waals surface area contributed by atoms with Gasteiger partial charge in [0, 0.05) is 23.4 Å². The van der Waals surface area contributed by atoms with Crippen molar-refractivity contribution in [3.8, 4) is 22.9 Å². The highest BCUT2D eigenvalue weighted by atomic mass is 32.2. The first-order chi connectivity index (χ1) is 16.2. The number of rotatable bonds is 11. The molecule has 4 rings (SSSR count). The van der Waals surface area contributed by atoms with Gasteiger partial charge in [0.15, 0.2) is 0 Å². The van der Waals surface area contributed by atoms with Crippen LogP contribution in [-0.2, 0) is 5.75 Å². The van der Waals surface area contributed by atoms with Crippen molar-refractivity contribution < 1.29 is 14.9 Å². The fraction of sp³-hybridized carbons (Fsp3) is 0.240. The summed E-state index contributed by atoms with van der Waals surface area (Å²) in [7, 11) is 0. The monoisotopic (exact) mass is 460 g/mol. The molecule has 0 unspecified atom stereocenters. The summed E-state index contributed by atoms with van der Waals surface area (Å²) in [6, 6.07) is 19.9. The fourth-order valence-electron chi connectivity index (χ4n) is 3.44. The third-order valence-electron chi connectivity index (χ3n) is 5.01. The van der Waals surface area contributed by atoms with Gasteiger partial charge in [-0.15, -0.1) is 11.8 Å². The van der Waals surface area contributed by atoms with Crippen LogP contribution in [0.2, 0.25) is 0 Å². The summed E-state index contributed by atoms with van der Waals surface area (Å²) in [6.45, 7) is 1.00. The summed E-state index contributed by atoms with van der Waals surface area (Å²) < 4.78 is 5.49. The van der Waals surface area contributed by atoms with Gasteiger partial charge in [0.1, 0.15) is 34.8 Å². The summed E-state index contributed by atoms with van der Waals surface area (Å²) in [5, 5.41) is 32.3. The molecule has 1 aliphatic heterocycles. The highest BCUT2D eigenvalue weighted by Crippen LogP contribution is 2.40. The Kier molecular flexibility index (Phi) is 7.58. The van der Waals surface area contributed by atoms with E-state index in [2.05, 4.69) is 28.5 Å². The van der Waals surface area contributed by atoms with E-state index in [0.717, 1.165) is 33.2 Å². The van der Waals surface area contributed by atoms with E-state index in [0.29, 0.717) is 23.7 Å². The molecule has 7 nitrogen and oxygen atoms in total. The number of aliphatic hydroxyl groups is 2. The lowest BCUT2D eigenvalue weighted by Gasteiger charge is -2.18. The second-order valence-electron chi connectivity index (χ2n) is 7.29. The SMILES string of the molecule is N#Cc1c(NCCO)nc(SCc2ccccc2)c(C2=NC2)c1-c1ccc(OCCO)cc1. The lowest BCUT2D eigenvalue weighted by Crippen LogP contribution is -2.12. The molecule has 168 valence electrons. The van der Waals surface area contributed by atoms with E-state index in [-0.39, 0.29) is 26.4 Å². The highest BCUT2D eigenvalue weighted by Gasteiger charge is 2.28. The molecule has 3 N–H and O–H groups in total. The molecule has 0 bridgehead atoms. The number of anilines is 1. The van der Waals surface area contributed by atoms with Crippen LogP contribution in [0.25, 0.3) is 11.1 Å². The van der Waals surface area contributed by atoms with Crippen LogP contribution in [0.3, 0.4) is 0 Å². The van der Waals surface area contributed by atoms with Crippen molar-refractivity contribution in [3.05, 3.63) is 71.3 Å². The second-order valence-corrected chi connectivity index (χ2v) is 8.25. The number of hydrogen-bond donors (Lipinski definition) is 3. The van der Waals surface area contributed by atoms with Crippen LogP contribution >= 0.6 is 11.8 Å². The quantitative estimate of drug-likeness (QED) is 0.376. The van der Waals surface area contributed by atoms with E-state index in [1.54, 1.807) is 11.8 Å². The van der Waals surface area contributed by atoms with Gasteiger partial charge in [-0.2, -0.15) is 5.26 Å². The average molecular weight is 461 g/mol. The number of hydrogen-bond acceptors (Lipinski definition) is 8. The number of aliphatic imine (C=N–C) groups is 1. The topological polar surface area (TPSA) is 111 Å². The molecule has 1 aliphatic rings. The number of nitrogens with zero attached hydrogens (tertiary/aromatic N) is 3. The highest BCUT2D eigenvalue weighted by molar-refractivity contribution is 7.98. The van der Waals surface area contributed by atoms with Gasteiger partial charge < -0.3 is 20.3 Å². The molecule has 0 saturated heterocycles. The summed E-state index contributed by atoms with van der Waals surface area (Å²) in [5.41, 5.74) is 5.03. The van der Waals surface area contributed by atoms with Gasteiger partial charge in [-0.3, -0.25) is 4.99 Å². The molecule has 3 aromatic rings. The number of aliphatic hydroxyl groups excluding tert-OH is 2. The van der Waals surface area contributed by atoms with Gasteiger partial charge in [0.25, 0.3) is 0 Å². The zero-order chi connectivity index (χ0) is 23.0. The molecule has 0 spiro atoms. The number of ether oxygens (including phenoxy) is 1. The van der Waals surface area contributed by atoms with Crippen LogP contribution in [0.1, 0.15) is 16.7 Å². The van der Waals surface area contributed by atoms with Gasteiger partial charge in [0.05, 0.1) is 25.5 Å².